The molecule has 0 radical (unpaired) electrons. The van der Waals surface area contributed by atoms with Crippen LogP contribution in [0.1, 0.15) is 188 Å². The fourth-order valence-corrected chi connectivity index (χ4v) is 7.05. The molecule has 66 heavy (non-hydrogen) atoms. The van der Waals surface area contributed by atoms with E-state index in [0.29, 0.717) is 19.3 Å². The van der Waals surface area contributed by atoms with Gasteiger partial charge in [0.2, 0.25) is 0 Å². The standard InChI is InChI=1S/C54H89O11P/c1-4-7-10-13-16-19-21-23-25-27-29-32-34-37-40-43-52(56)61-47-51(65-54(58)45-42-39-36-33-30-28-26-24-22-20-17-14-11-8-5-2)49-63-66(59,60)62-48-50(46-55)64-53(57)44-41-38-35-31-18-15-12-9-6-3/h7-8,10-11,16-17,19-20,23-26,29,32,37,40,50-51,55H,4-6,9,12-15,18,21-22,27-28,30-31,33-36,38-39,41-49H2,1-3H3,(H,59,60)/b10-7-,11-8-,19-16-,20-17-,25-23-,26-24-,32-29-,40-37-. The van der Waals surface area contributed by atoms with Gasteiger partial charge < -0.3 is 24.2 Å². The molecule has 0 spiro atoms. The summed E-state index contributed by atoms with van der Waals surface area (Å²) in [5.74, 6) is -1.65. The molecule has 0 aromatic rings. The van der Waals surface area contributed by atoms with Gasteiger partial charge in [-0.3, -0.25) is 23.4 Å². The highest BCUT2D eigenvalue weighted by atomic mass is 31.2. The molecule has 12 heteroatoms. The van der Waals surface area contributed by atoms with Gasteiger partial charge in [0.25, 0.3) is 0 Å². The van der Waals surface area contributed by atoms with Gasteiger partial charge in [-0.25, -0.2) is 4.57 Å². The molecule has 2 N–H and O–H groups in total. The van der Waals surface area contributed by atoms with Crippen molar-refractivity contribution in [3.05, 3.63) is 97.2 Å². The Morgan fingerprint density at radius 3 is 1.29 bits per heavy atom. The second kappa shape index (κ2) is 47.9. The van der Waals surface area contributed by atoms with E-state index in [-0.39, 0.29) is 19.3 Å². The van der Waals surface area contributed by atoms with Crippen LogP contribution in [0.15, 0.2) is 97.2 Å². The third-order valence-corrected chi connectivity index (χ3v) is 11.0. The van der Waals surface area contributed by atoms with Crippen LogP contribution in [-0.4, -0.2) is 66.5 Å². The number of carbonyl (C=O) groups is 3. The summed E-state index contributed by atoms with van der Waals surface area (Å²) in [6.07, 6.45) is 54.2. The predicted molar refractivity (Wildman–Crippen MR) is 270 cm³/mol. The summed E-state index contributed by atoms with van der Waals surface area (Å²) in [7, 11) is -4.76. The second-order valence-electron chi connectivity index (χ2n) is 16.2. The zero-order chi connectivity index (χ0) is 48.4. The lowest BCUT2D eigenvalue weighted by Crippen LogP contribution is -2.30. The maximum Gasteiger partial charge on any atom is 0.472 e. The maximum atomic E-state index is 12.8. The molecule has 0 heterocycles. The lowest BCUT2D eigenvalue weighted by atomic mass is 10.1. The van der Waals surface area contributed by atoms with Gasteiger partial charge in [-0.2, -0.15) is 0 Å². The molecule has 0 amide bonds. The van der Waals surface area contributed by atoms with E-state index in [1.807, 2.05) is 12.2 Å². The Kier molecular flexibility index (Phi) is 45.3. The Morgan fingerprint density at radius 1 is 0.455 bits per heavy atom. The van der Waals surface area contributed by atoms with Crippen molar-refractivity contribution < 1.29 is 52.2 Å². The van der Waals surface area contributed by atoms with Gasteiger partial charge in [0, 0.05) is 12.8 Å². The van der Waals surface area contributed by atoms with Gasteiger partial charge in [0.15, 0.2) is 6.10 Å². The van der Waals surface area contributed by atoms with E-state index in [1.54, 1.807) is 6.08 Å². The number of allylic oxidation sites excluding steroid dienone is 15. The van der Waals surface area contributed by atoms with Gasteiger partial charge in [0.05, 0.1) is 26.2 Å². The number of carbonyl (C=O) groups excluding carboxylic acids is 3. The number of aliphatic hydroxyl groups excluding tert-OH is 1. The number of phosphoric ester groups is 1. The summed E-state index contributed by atoms with van der Waals surface area (Å²) >= 11 is 0. The summed E-state index contributed by atoms with van der Waals surface area (Å²) in [6, 6.07) is 0. The zero-order valence-electron chi connectivity index (χ0n) is 41.1. The average Bonchev–Trinajstić information content (AvgIpc) is 3.30. The number of rotatable bonds is 45. The van der Waals surface area contributed by atoms with E-state index in [2.05, 4.69) is 99.8 Å². The van der Waals surface area contributed by atoms with Crippen molar-refractivity contribution >= 4 is 25.7 Å². The molecule has 11 nitrogen and oxygen atoms in total. The average molecular weight is 945 g/mol. The normalized spacial score (nSPS) is 14.3. The molecule has 0 bridgehead atoms. The Balaban J connectivity index is 4.92. The highest BCUT2D eigenvalue weighted by Gasteiger charge is 2.28. The molecule has 0 aromatic carbocycles. The van der Waals surface area contributed by atoms with Crippen LogP contribution in [0.2, 0.25) is 0 Å². The number of esters is 3. The summed E-state index contributed by atoms with van der Waals surface area (Å²) in [6.45, 7) is 4.23. The highest BCUT2D eigenvalue weighted by Crippen LogP contribution is 2.43. The molecular formula is C54H89O11P. The Bertz CT molecular complexity index is 1480. The van der Waals surface area contributed by atoms with Crippen molar-refractivity contribution in [2.45, 2.75) is 200 Å². The van der Waals surface area contributed by atoms with E-state index >= 15 is 0 Å². The van der Waals surface area contributed by atoms with Gasteiger partial charge in [-0.15, -0.1) is 0 Å². The maximum absolute atomic E-state index is 12.8. The molecule has 0 aromatic heterocycles. The van der Waals surface area contributed by atoms with Crippen LogP contribution < -0.4 is 0 Å². The van der Waals surface area contributed by atoms with Gasteiger partial charge in [-0.1, -0.05) is 189 Å². The number of unbranched alkanes of at least 4 members (excludes halogenated alkanes) is 13. The van der Waals surface area contributed by atoms with Crippen LogP contribution in [0.25, 0.3) is 0 Å². The molecule has 0 rings (SSSR count). The van der Waals surface area contributed by atoms with E-state index < -0.39 is 64.4 Å². The molecular weight excluding hydrogens is 856 g/mol. The summed E-state index contributed by atoms with van der Waals surface area (Å²) in [5, 5.41) is 9.73. The summed E-state index contributed by atoms with van der Waals surface area (Å²) in [5.41, 5.74) is 0. The quantitative estimate of drug-likeness (QED) is 0.0197. The molecule has 0 aliphatic heterocycles. The molecule has 0 aliphatic carbocycles. The molecule has 3 unspecified atom stereocenters. The van der Waals surface area contributed by atoms with Crippen LogP contribution in [0, 0.1) is 0 Å². The highest BCUT2D eigenvalue weighted by molar-refractivity contribution is 7.47. The van der Waals surface area contributed by atoms with Crippen molar-refractivity contribution in [1.29, 1.82) is 0 Å². The summed E-state index contributed by atoms with van der Waals surface area (Å²) in [4.78, 5) is 48.1. The first-order valence-corrected chi connectivity index (χ1v) is 26.6. The molecule has 3 atom stereocenters. The number of hydrogen-bond acceptors (Lipinski definition) is 10. The second-order valence-corrected chi connectivity index (χ2v) is 17.7. The van der Waals surface area contributed by atoms with Crippen molar-refractivity contribution in [3.8, 4) is 0 Å². The van der Waals surface area contributed by atoms with Crippen LogP contribution in [-0.2, 0) is 42.2 Å². The van der Waals surface area contributed by atoms with Crippen molar-refractivity contribution in [2.75, 3.05) is 26.4 Å². The van der Waals surface area contributed by atoms with Crippen molar-refractivity contribution in [1.82, 2.24) is 0 Å². The van der Waals surface area contributed by atoms with Gasteiger partial charge in [0.1, 0.15) is 12.7 Å². The van der Waals surface area contributed by atoms with E-state index in [9.17, 15) is 28.9 Å². The van der Waals surface area contributed by atoms with Gasteiger partial charge in [-0.05, 0) is 77.0 Å². The fourth-order valence-electron chi connectivity index (χ4n) is 6.27. The Labute approximate surface area is 400 Å². The fraction of sp³-hybridized carbons (Fsp3) is 0.648. The molecule has 0 fully saturated rings. The largest absolute Gasteiger partial charge is 0.472 e. The van der Waals surface area contributed by atoms with Crippen molar-refractivity contribution in [3.63, 3.8) is 0 Å². The molecule has 376 valence electrons. The Hall–Kier alpha value is -3.60. The van der Waals surface area contributed by atoms with Crippen LogP contribution >= 0.6 is 7.82 Å². The van der Waals surface area contributed by atoms with Crippen molar-refractivity contribution in [2.24, 2.45) is 0 Å². The molecule has 0 saturated carbocycles. The first kappa shape index (κ1) is 62.4. The Morgan fingerprint density at radius 2 is 0.833 bits per heavy atom. The predicted octanol–water partition coefficient (Wildman–Crippen LogP) is 14.1. The third-order valence-electron chi connectivity index (χ3n) is 10.0. The summed E-state index contributed by atoms with van der Waals surface area (Å²) < 4.78 is 39.1. The number of phosphoric acid groups is 1. The lowest BCUT2D eigenvalue weighted by Gasteiger charge is -2.21. The smallest absolute Gasteiger partial charge is 0.461 e. The monoisotopic (exact) mass is 945 g/mol. The first-order chi connectivity index (χ1) is 32.2. The molecule has 0 aliphatic rings. The minimum absolute atomic E-state index is 0.0131. The number of aliphatic hydroxyl groups is 1. The van der Waals surface area contributed by atoms with Crippen LogP contribution in [0.5, 0.6) is 0 Å². The van der Waals surface area contributed by atoms with Crippen LogP contribution in [0.4, 0.5) is 0 Å². The van der Waals surface area contributed by atoms with Gasteiger partial charge >= 0.3 is 25.7 Å². The molecule has 0 saturated heterocycles. The third kappa shape index (κ3) is 45.6. The minimum atomic E-state index is -4.76. The van der Waals surface area contributed by atoms with Crippen LogP contribution in [0.3, 0.4) is 0 Å². The number of hydrogen-bond donors (Lipinski definition) is 2. The van der Waals surface area contributed by atoms with E-state index in [4.69, 9.17) is 23.3 Å². The minimum Gasteiger partial charge on any atom is -0.461 e. The SMILES string of the molecule is CC/C=C\C/C=C\C/C=C\C/C=C\C/C=C\CC(=O)OCC(COP(=O)(O)OCC(CO)OC(=O)CCCCCCCCCCC)OC(=O)CCCCCCC/C=C\C/C=C\C/C=C\CC. The van der Waals surface area contributed by atoms with E-state index in [1.165, 1.54) is 32.1 Å². The lowest BCUT2D eigenvalue weighted by molar-refractivity contribution is -0.161. The topological polar surface area (TPSA) is 155 Å². The first-order valence-electron chi connectivity index (χ1n) is 25.1. The van der Waals surface area contributed by atoms with E-state index in [0.717, 1.165) is 96.3 Å². The zero-order valence-corrected chi connectivity index (χ0v) is 42.0. The number of ether oxygens (including phenoxy) is 3.